The van der Waals surface area contributed by atoms with E-state index < -0.39 is 0 Å². The van der Waals surface area contributed by atoms with E-state index in [2.05, 4.69) is 0 Å². The summed E-state index contributed by atoms with van der Waals surface area (Å²) in [5, 5.41) is 16.5. The van der Waals surface area contributed by atoms with Crippen LogP contribution in [0.1, 0.15) is 16.7 Å². The number of amidine groups is 1. The topological polar surface area (TPSA) is 79.3 Å². The van der Waals surface area contributed by atoms with Crippen LogP contribution < -0.4 is 10.5 Å². The van der Waals surface area contributed by atoms with Crippen molar-refractivity contribution in [2.75, 3.05) is 6.61 Å². The van der Waals surface area contributed by atoms with Gasteiger partial charge in [-0.3, -0.25) is 5.41 Å². The van der Waals surface area contributed by atoms with Crippen molar-refractivity contribution in [1.82, 2.24) is 0 Å². The number of nitrogens with one attached hydrogen (secondary N) is 1. The van der Waals surface area contributed by atoms with Crippen molar-refractivity contribution in [3.63, 3.8) is 0 Å². The third-order valence-electron chi connectivity index (χ3n) is 3.07. The first-order valence-corrected chi connectivity index (χ1v) is 6.43. The minimum Gasteiger partial charge on any atom is -0.457 e. The number of nitrogen functional groups attached to an aromatic ring is 1. The highest BCUT2D eigenvalue weighted by Gasteiger charge is 2.07. The zero-order valence-corrected chi connectivity index (χ0v) is 11.4. The highest BCUT2D eigenvalue weighted by Crippen LogP contribution is 2.27. The van der Waals surface area contributed by atoms with E-state index in [4.69, 9.17) is 21.0 Å². The second-order valence-corrected chi connectivity index (χ2v) is 4.57. The van der Waals surface area contributed by atoms with Crippen molar-refractivity contribution < 1.29 is 9.84 Å². The fraction of sp³-hybridized carbons (Fsp3) is 0.188. The number of hydrogen-bond acceptors (Lipinski definition) is 3. The maximum absolute atomic E-state index is 9.06. The number of para-hydroxylation sites is 1. The summed E-state index contributed by atoms with van der Waals surface area (Å²) in [6, 6.07) is 13.0. The van der Waals surface area contributed by atoms with Gasteiger partial charge in [-0.2, -0.15) is 0 Å². The summed E-state index contributed by atoms with van der Waals surface area (Å²) in [6.45, 7) is 1.98. The molecule has 0 unspecified atom stereocenters. The average Bonchev–Trinajstić information content (AvgIpc) is 2.41. The summed E-state index contributed by atoms with van der Waals surface area (Å²) in [5.41, 5.74) is 8.06. The highest BCUT2D eigenvalue weighted by atomic mass is 16.5. The van der Waals surface area contributed by atoms with Gasteiger partial charge in [-0.05, 0) is 48.7 Å². The number of aliphatic hydroxyl groups is 1. The predicted molar refractivity (Wildman–Crippen MR) is 79.5 cm³/mol. The molecular weight excluding hydrogens is 252 g/mol. The van der Waals surface area contributed by atoms with Gasteiger partial charge in [0.1, 0.15) is 17.3 Å². The first-order chi connectivity index (χ1) is 9.61. The quantitative estimate of drug-likeness (QED) is 0.577. The summed E-state index contributed by atoms with van der Waals surface area (Å²) in [4.78, 5) is 0. The van der Waals surface area contributed by atoms with Gasteiger partial charge in [0.25, 0.3) is 0 Å². The lowest BCUT2D eigenvalue weighted by Crippen LogP contribution is -2.12. The number of ether oxygens (including phenoxy) is 1. The molecule has 0 aliphatic rings. The first kappa shape index (κ1) is 14.1. The van der Waals surface area contributed by atoms with E-state index in [1.807, 2.05) is 37.3 Å². The maximum Gasteiger partial charge on any atom is 0.130 e. The number of nitrogens with two attached hydrogens (primary N) is 1. The minimum atomic E-state index is 0.0507. The van der Waals surface area contributed by atoms with E-state index in [0.29, 0.717) is 17.7 Å². The maximum atomic E-state index is 9.06. The van der Waals surface area contributed by atoms with Crippen molar-refractivity contribution in [2.45, 2.75) is 13.3 Å². The number of aliphatic hydroxyl groups excluding tert-OH is 1. The number of benzene rings is 2. The Hall–Kier alpha value is -2.33. The molecule has 0 saturated carbocycles. The monoisotopic (exact) mass is 270 g/mol. The largest absolute Gasteiger partial charge is 0.457 e. The molecule has 0 aliphatic carbocycles. The zero-order chi connectivity index (χ0) is 14.5. The van der Waals surface area contributed by atoms with E-state index in [1.54, 1.807) is 12.1 Å². The van der Waals surface area contributed by atoms with Crippen LogP contribution in [-0.4, -0.2) is 17.5 Å². The van der Waals surface area contributed by atoms with Crippen LogP contribution in [0.25, 0.3) is 0 Å². The Morgan fingerprint density at radius 1 is 1.25 bits per heavy atom. The van der Waals surface area contributed by atoms with Gasteiger partial charge in [-0.25, -0.2) is 0 Å². The summed E-state index contributed by atoms with van der Waals surface area (Å²) in [7, 11) is 0. The molecule has 0 amide bonds. The molecular formula is C16H18N2O2. The minimum absolute atomic E-state index is 0.0507. The van der Waals surface area contributed by atoms with Crippen LogP contribution in [0, 0.1) is 12.3 Å². The molecule has 0 spiro atoms. The summed E-state index contributed by atoms with van der Waals surface area (Å²) < 4.78 is 5.86. The van der Waals surface area contributed by atoms with E-state index in [9.17, 15) is 0 Å². The molecule has 4 N–H and O–H groups in total. The predicted octanol–water partition coefficient (Wildman–Crippen LogP) is 2.61. The van der Waals surface area contributed by atoms with Gasteiger partial charge in [-0.1, -0.05) is 18.2 Å². The van der Waals surface area contributed by atoms with E-state index in [-0.39, 0.29) is 12.4 Å². The molecule has 4 heteroatoms. The normalized spacial score (nSPS) is 10.3. The third-order valence-corrected chi connectivity index (χ3v) is 3.07. The van der Waals surface area contributed by atoms with Gasteiger partial charge in [0.2, 0.25) is 0 Å². The first-order valence-electron chi connectivity index (χ1n) is 6.43. The fourth-order valence-corrected chi connectivity index (χ4v) is 2.06. The Bertz CT molecular complexity index is 624. The third kappa shape index (κ3) is 3.16. The van der Waals surface area contributed by atoms with Crippen molar-refractivity contribution in [3.8, 4) is 11.5 Å². The van der Waals surface area contributed by atoms with Crippen LogP contribution >= 0.6 is 0 Å². The lowest BCUT2D eigenvalue weighted by Gasteiger charge is -2.12. The van der Waals surface area contributed by atoms with E-state index >= 15 is 0 Å². The van der Waals surface area contributed by atoms with Gasteiger partial charge < -0.3 is 15.6 Å². The van der Waals surface area contributed by atoms with Crippen molar-refractivity contribution in [3.05, 3.63) is 59.2 Å². The molecule has 0 aliphatic heterocycles. The molecule has 2 rings (SSSR count). The molecule has 0 saturated heterocycles. The van der Waals surface area contributed by atoms with Gasteiger partial charge >= 0.3 is 0 Å². The highest BCUT2D eigenvalue weighted by molar-refractivity contribution is 5.96. The van der Waals surface area contributed by atoms with Gasteiger partial charge in [0.15, 0.2) is 0 Å². The van der Waals surface area contributed by atoms with Gasteiger partial charge in [0, 0.05) is 12.2 Å². The molecule has 20 heavy (non-hydrogen) atoms. The van der Waals surface area contributed by atoms with Gasteiger partial charge in [0.05, 0.1) is 0 Å². The number of aryl methyl sites for hydroxylation is 1. The second-order valence-electron chi connectivity index (χ2n) is 4.57. The fourth-order valence-electron chi connectivity index (χ4n) is 2.06. The molecule has 0 bridgehead atoms. The summed E-state index contributed by atoms with van der Waals surface area (Å²) >= 11 is 0. The zero-order valence-electron chi connectivity index (χ0n) is 11.4. The number of hydrogen-bond donors (Lipinski definition) is 3. The Kier molecular flexibility index (Phi) is 4.38. The molecule has 2 aromatic rings. The molecule has 0 aromatic heterocycles. The second kappa shape index (κ2) is 6.21. The summed E-state index contributed by atoms with van der Waals surface area (Å²) in [6.07, 6.45) is 0.556. The summed E-state index contributed by atoms with van der Waals surface area (Å²) in [5.74, 6) is 1.48. The Balaban J connectivity index is 2.26. The van der Waals surface area contributed by atoms with Crippen molar-refractivity contribution in [1.29, 1.82) is 5.41 Å². The molecule has 4 nitrogen and oxygen atoms in total. The molecule has 104 valence electrons. The molecule has 0 atom stereocenters. The molecule has 0 radical (unpaired) electrons. The van der Waals surface area contributed by atoms with Crippen LogP contribution in [0.3, 0.4) is 0 Å². The van der Waals surface area contributed by atoms with Crippen molar-refractivity contribution in [2.24, 2.45) is 5.73 Å². The Labute approximate surface area is 118 Å². The van der Waals surface area contributed by atoms with Crippen LogP contribution in [0.4, 0.5) is 0 Å². The molecule has 2 aromatic carbocycles. The average molecular weight is 270 g/mol. The van der Waals surface area contributed by atoms with Crippen LogP contribution in [0.15, 0.2) is 42.5 Å². The van der Waals surface area contributed by atoms with Crippen LogP contribution in [0.2, 0.25) is 0 Å². The Morgan fingerprint density at radius 3 is 2.65 bits per heavy atom. The lowest BCUT2D eigenvalue weighted by molar-refractivity contribution is 0.298. The van der Waals surface area contributed by atoms with E-state index in [0.717, 1.165) is 16.9 Å². The smallest absolute Gasteiger partial charge is 0.130 e. The SMILES string of the molecule is Cc1cc(Oc2ccccc2CCO)ccc1C(=N)N. The number of rotatable bonds is 5. The molecule has 0 heterocycles. The van der Waals surface area contributed by atoms with Crippen molar-refractivity contribution >= 4 is 5.84 Å². The standard InChI is InChI=1S/C16H18N2O2/c1-11-10-13(6-7-14(11)16(17)18)20-15-5-3-2-4-12(15)8-9-19/h2-7,10,19H,8-9H2,1H3,(H3,17,18). The lowest BCUT2D eigenvalue weighted by atomic mass is 10.1. The van der Waals surface area contributed by atoms with Gasteiger partial charge in [-0.15, -0.1) is 0 Å². The van der Waals surface area contributed by atoms with Crippen LogP contribution in [-0.2, 0) is 6.42 Å². The Morgan fingerprint density at radius 2 is 2.00 bits per heavy atom. The molecule has 0 fully saturated rings. The van der Waals surface area contributed by atoms with E-state index in [1.165, 1.54) is 0 Å². The van der Waals surface area contributed by atoms with Crippen LogP contribution in [0.5, 0.6) is 11.5 Å².